The molecule has 35 heavy (non-hydrogen) atoms. The molecule has 3 aromatic heterocycles. The van der Waals surface area contributed by atoms with Crippen molar-refractivity contribution in [3.05, 3.63) is 71.8 Å². The Labute approximate surface area is 202 Å². The SMILES string of the molecule is COCc1cc(C(=O)Nc2cc([C@@H]3CC[C@H](Oc4nnccc4-c4ccccc4)C3)[nH]n2)n(C)n1. The molecule has 0 saturated heterocycles. The maximum absolute atomic E-state index is 12.7. The fraction of sp³-hybridized carbons (Fsp3) is 0.320. The van der Waals surface area contributed by atoms with Crippen LogP contribution in [0.3, 0.4) is 0 Å². The van der Waals surface area contributed by atoms with Crippen molar-refractivity contribution in [3.63, 3.8) is 0 Å². The summed E-state index contributed by atoms with van der Waals surface area (Å²) >= 11 is 0. The number of nitrogens with zero attached hydrogens (tertiary/aromatic N) is 5. The molecule has 5 rings (SSSR count). The quantitative estimate of drug-likeness (QED) is 0.400. The van der Waals surface area contributed by atoms with Crippen LogP contribution in [0.15, 0.2) is 54.7 Å². The molecular formula is C25H27N7O3. The van der Waals surface area contributed by atoms with Crippen LogP contribution < -0.4 is 10.1 Å². The molecule has 180 valence electrons. The molecule has 10 nitrogen and oxygen atoms in total. The van der Waals surface area contributed by atoms with E-state index >= 15 is 0 Å². The number of aryl methyl sites for hydroxylation is 1. The van der Waals surface area contributed by atoms with Crippen LogP contribution in [0.2, 0.25) is 0 Å². The van der Waals surface area contributed by atoms with Crippen molar-refractivity contribution in [3.8, 4) is 17.0 Å². The Morgan fingerprint density at radius 1 is 1.20 bits per heavy atom. The molecule has 0 unspecified atom stereocenters. The lowest BCUT2D eigenvalue weighted by molar-refractivity contribution is 0.101. The molecule has 0 radical (unpaired) electrons. The Balaban J connectivity index is 1.22. The highest BCUT2D eigenvalue weighted by Crippen LogP contribution is 2.37. The molecule has 2 N–H and O–H groups in total. The van der Waals surface area contributed by atoms with Crippen molar-refractivity contribution in [2.24, 2.45) is 7.05 Å². The summed E-state index contributed by atoms with van der Waals surface area (Å²) in [4.78, 5) is 12.7. The number of carbonyl (C=O) groups excluding carboxylic acids is 1. The highest BCUT2D eigenvalue weighted by molar-refractivity contribution is 6.02. The van der Waals surface area contributed by atoms with E-state index in [2.05, 4.69) is 30.8 Å². The third kappa shape index (κ3) is 5.07. The fourth-order valence-electron chi connectivity index (χ4n) is 4.48. The Morgan fingerprint density at radius 2 is 2.06 bits per heavy atom. The van der Waals surface area contributed by atoms with E-state index in [1.807, 2.05) is 42.5 Å². The number of anilines is 1. The van der Waals surface area contributed by atoms with Crippen LogP contribution in [0.4, 0.5) is 5.82 Å². The van der Waals surface area contributed by atoms with E-state index in [0.29, 0.717) is 29.7 Å². The van der Waals surface area contributed by atoms with Crippen molar-refractivity contribution in [1.82, 2.24) is 30.2 Å². The van der Waals surface area contributed by atoms with E-state index in [-0.39, 0.29) is 17.9 Å². The van der Waals surface area contributed by atoms with Gasteiger partial charge in [0.15, 0.2) is 5.82 Å². The summed E-state index contributed by atoms with van der Waals surface area (Å²) in [6.45, 7) is 0.347. The maximum Gasteiger partial charge on any atom is 0.275 e. The minimum atomic E-state index is -0.274. The molecular weight excluding hydrogens is 446 g/mol. The number of hydrogen-bond acceptors (Lipinski definition) is 7. The van der Waals surface area contributed by atoms with Gasteiger partial charge in [0.2, 0.25) is 5.88 Å². The number of carbonyl (C=O) groups is 1. The highest BCUT2D eigenvalue weighted by atomic mass is 16.5. The molecule has 1 fully saturated rings. The fourth-order valence-corrected chi connectivity index (χ4v) is 4.48. The summed E-state index contributed by atoms with van der Waals surface area (Å²) < 4.78 is 12.9. The predicted molar refractivity (Wildman–Crippen MR) is 129 cm³/mol. The molecule has 0 bridgehead atoms. The average molecular weight is 474 g/mol. The van der Waals surface area contributed by atoms with Gasteiger partial charge in [0.25, 0.3) is 5.91 Å². The normalized spacial score (nSPS) is 17.4. The second-order valence-corrected chi connectivity index (χ2v) is 8.61. The molecule has 0 aliphatic heterocycles. The van der Waals surface area contributed by atoms with Crippen molar-refractivity contribution >= 4 is 11.7 Å². The molecule has 4 aromatic rings. The molecule has 0 spiro atoms. The Kier molecular flexibility index (Phi) is 6.53. The highest BCUT2D eigenvalue weighted by Gasteiger charge is 2.30. The zero-order valence-electron chi connectivity index (χ0n) is 19.6. The number of aromatic nitrogens is 6. The lowest BCUT2D eigenvalue weighted by atomic mass is 10.0. The molecule has 1 aliphatic rings. The van der Waals surface area contributed by atoms with Crippen LogP contribution in [0.1, 0.15) is 47.1 Å². The summed E-state index contributed by atoms with van der Waals surface area (Å²) in [5.41, 5.74) is 4.08. The summed E-state index contributed by atoms with van der Waals surface area (Å²) in [7, 11) is 3.32. The van der Waals surface area contributed by atoms with Gasteiger partial charge in [-0.1, -0.05) is 30.3 Å². The first-order valence-corrected chi connectivity index (χ1v) is 11.5. The van der Waals surface area contributed by atoms with Gasteiger partial charge in [-0.3, -0.25) is 14.6 Å². The van der Waals surface area contributed by atoms with E-state index < -0.39 is 0 Å². The molecule has 1 aromatic carbocycles. The Bertz CT molecular complexity index is 1300. The molecule has 1 amide bonds. The van der Waals surface area contributed by atoms with E-state index in [1.165, 1.54) is 4.68 Å². The number of aromatic amines is 1. The maximum atomic E-state index is 12.7. The first-order chi connectivity index (χ1) is 17.1. The number of methoxy groups -OCH3 is 1. The number of rotatable bonds is 8. The van der Waals surface area contributed by atoms with Gasteiger partial charge in [-0.2, -0.15) is 15.3 Å². The smallest absolute Gasteiger partial charge is 0.275 e. The lowest BCUT2D eigenvalue weighted by Gasteiger charge is -2.15. The van der Waals surface area contributed by atoms with Crippen molar-refractivity contribution in [1.29, 1.82) is 0 Å². The standard InChI is InChI=1S/C25H27N7O3/c1-32-22(13-18(31-32)15-34-2)24(33)27-23-14-21(28-29-23)17-8-9-19(12-17)35-25-20(10-11-26-30-25)16-6-4-3-5-7-16/h3-7,10-11,13-14,17,19H,8-9,12,15H2,1-2H3,(H2,27,28,29,33)/t17-,19+/m1/s1. The molecule has 3 heterocycles. The molecule has 1 aliphatic carbocycles. The minimum absolute atomic E-state index is 0.0224. The van der Waals surface area contributed by atoms with Crippen LogP contribution in [0, 0.1) is 0 Å². The number of nitrogens with one attached hydrogen (secondary N) is 2. The van der Waals surface area contributed by atoms with Crippen LogP contribution >= 0.6 is 0 Å². The number of H-pyrrole nitrogens is 1. The monoisotopic (exact) mass is 473 g/mol. The van der Waals surface area contributed by atoms with E-state index in [0.717, 1.165) is 36.1 Å². The van der Waals surface area contributed by atoms with Gasteiger partial charge < -0.3 is 14.8 Å². The summed E-state index contributed by atoms with van der Waals surface area (Å²) in [5.74, 6) is 0.999. The van der Waals surface area contributed by atoms with E-state index in [9.17, 15) is 4.79 Å². The number of benzene rings is 1. The van der Waals surface area contributed by atoms with Gasteiger partial charge in [0.05, 0.1) is 18.5 Å². The summed E-state index contributed by atoms with van der Waals surface area (Å²) in [6.07, 6.45) is 4.37. The zero-order chi connectivity index (χ0) is 24.2. The third-order valence-electron chi connectivity index (χ3n) is 6.17. The van der Waals surface area contributed by atoms with Gasteiger partial charge in [-0.05, 0) is 37.0 Å². The lowest BCUT2D eigenvalue weighted by Crippen LogP contribution is -2.16. The van der Waals surface area contributed by atoms with Crippen LogP contribution in [0.25, 0.3) is 11.1 Å². The molecule has 10 heteroatoms. The first-order valence-electron chi connectivity index (χ1n) is 11.5. The van der Waals surface area contributed by atoms with E-state index in [4.69, 9.17) is 9.47 Å². The Hall–Kier alpha value is -4.05. The van der Waals surface area contributed by atoms with Gasteiger partial charge in [-0.25, -0.2) is 0 Å². The second kappa shape index (κ2) is 10.1. The summed E-state index contributed by atoms with van der Waals surface area (Å²) in [6, 6.07) is 15.6. The van der Waals surface area contributed by atoms with Gasteiger partial charge in [0.1, 0.15) is 11.8 Å². The summed E-state index contributed by atoms with van der Waals surface area (Å²) in [5, 5.41) is 22.8. The first kappa shape index (κ1) is 22.7. The van der Waals surface area contributed by atoms with Gasteiger partial charge in [-0.15, -0.1) is 5.10 Å². The number of ether oxygens (including phenoxy) is 2. The molecule has 2 atom stereocenters. The molecule has 1 saturated carbocycles. The second-order valence-electron chi connectivity index (χ2n) is 8.61. The minimum Gasteiger partial charge on any atom is -0.473 e. The topological polar surface area (TPSA) is 120 Å². The van der Waals surface area contributed by atoms with Crippen molar-refractivity contribution in [2.45, 2.75) is 37.9 Å². The Morgan fingerprint density at radius 3 is 2.89 bits per heavy atom. The van der Waals surface area contributed by atoms with E-state index in [1.54, 1.807) is 26.4 Å². The number of hydrogen-bond donors (Lipinski definition) is 2. The third-order valence-corrected chi connectivity index (χ3v) is 6.17. The largest absolute Gasteiger partial charge is 0.473 e. The van der Waals surface area contributed by atoms with Crippen molar-refractivity contribution < 1.29 is 14.3 Å². The van der Waals surface area contributed by atoms with Crippen LogP contribution in [-0.2, 0) is 18.4 Å². The van der Waals surface area contributed by atoms with Gasteiger partial charge in [0, 0.05) is 37.4 Å². The predicted octanol–water partition coefficient (Wildman–Crippen LogP) is 3.71. The van der Waals surface area contributed by atoms with Gasteiger partial charge >= 0.3 is 0 Å². The van der Waals surface area contributed by atoms with Crippen LogP contribution in [0.5, 0.6) is 5.88 Å². The van der Waals surface area contributed by atoms with Crippen molar-refractivity contribution in [2.75, 3.05) is 12.4 Å². The average Bonchev–Trinajstić information content (AvgIpc) is 3.61. The van der Waals surface area contributed by atoms with Crippen LogP contribution in [-0.4, -0.2) is 49.3 Å². The zero-order valence-corrected chi connectivity index (χ0v) is 19.6. The number of amides is 1.